The van der Waals surface area contributed by atoms with Gasteiger partial charge in [-0.3, -0.25) is 24.5 Å². The van der Waals surface area contributed by atoms with Gasteiger partial charge in [-0.25, -0.2) is 13.8 Å². The van der Waals surface area contributed by atoms with Gasteiger partial charge in [-0.05, 0) is 106 Å². The van der Waals surface area contributed by atoms with Crippen LogP contribution in [0.3, 0.4) is 0 Å². The van der Waals surface area contributed by atoms with Crippen molar-refractivity contribution in [1.82, 2.24) is 25.5 Å². The Hall–Kier alpha value is -5.42. The van der Waals surface area contributed by atoms with Crippen LogP contribution in [0.25, 0.3) is 0 Å². The smallest absolute Gasteiger partial charge is 0.251 e. The number of amides is 4. The standard InChI is InChI=1S/C48H61F2N9O6/c1-4-38-46(64)56(2)39-23-51-47(54-43(39)59(38)32-9-5-6-10-32)52-37-15-11-29(20-40(37)65-3)44(62)55-48(17-19-60)30-12-13-31(48)27-57(26-30)24-28-8-7-18-58(25-28)33-21-35(49)42(36(50)22-33)34-14-16-41(61)53-45(34)63/h11,15,20-23,28,30-32,34,38,60H,4-10,12-14,16-19,24-27H2,1-3H3,(H,55,62)(H,51,52,54)(H,53,61,63)/t28-,30?,31?,34?,38-,48?/m1/s1. The van der Waals surface area contributed by atoms with Crippen molar-refractivity contribution in [3.63, 3.8) is 0 Å². The number of aromatic nitrogens is 2. The van der Waals surface area contributed by atoms with E-state index < -0.39 is 34.9 Å². The number of rotatable bonds is 13. The number of anilines is 5. The molecular formula is C48H61F2N9O6. The highest BCUT2D eigenvalue weighted by Crippen LogP contribution is 2.48. The Bertz CT molecular complexity index is 2290. The number of nitrogens with one attached hydrogen (secondary N) is 3. The lowest BCUT2D eigenvalue weighted by atomic mass is 9.74. The van der Waals surface area contributed by atoms with E-state index in [1.807, 2.05) is 11.8 Å². The van der Waals surface area contributed by atoms with Crippen molar-refractivity contribution in [3.8, 4) is 5.75 Å². The number of hydrogen-bond donors (Lipinski definition) is 4. The first kappa shape index (κ1) is 44.8. The molecule has 6 aliphatic rings. The molecule has 348 valence electrons. The van der Waals surface area contributed by atoms with Crippen LogP contribution in [0, 0.1) is 29.4 Å². The van der Waals surface area contributed by atoms with Crippen LogP contribution >= 0.6 is 0 Å². The monoisotopic (exact) mass is 897 g/mol. The Morgan fingerprint density at radius 3 is 2.40 bits per heavy atom. The molecule has 0 spiro atoms. The van der Waals surface area contributed by atoms with E-state index in [-0.39, 0.29) is 66.7 Å². The maximum Gasteiger partial charge on any atom is 0.251 e. The minimum absolute atomic E-state index is 0.0373. The van der Waals surface area contributed by atoms with Crippen LogP contribution in [0.1, 0.15) is 106 Å². The van der Waals surface area contributed by atoms with Crippen LogP contribution in [0.4, 0.5) is 37.6 Å². The van der Waals surface area contributed by atoms with Gasteiger partial charge in [-0.2, -0.15) is 4.98 Å². The zero-order valence-corrected chi connectivity index (χ0v) is 37.6. The Morgan fingerprint density at radius 2 is 1.72 bits per heavy atom. The second-order valence-electron chi connectivity index (χ2n) is 19.0. The third-order valence-electron chi connectivity index (χ3n) is 15.3. The minimum Gasteiger partial charge on any atom is -0.495 e. The molecule has 4 amide bonds. The van der Waals surface area contributed by atoms with E-state index in [1.54, 1.807) is 43.5 Å². The Labute approximate surface area is 378 Å². The van der Waals surface area contributed by atoms with Gasteiger partial charge in [-0.1, -0.05) is 19.8 Å². The highest BCUT2D eigenvalue weighted by atomic mass is 19.1. The van der Waals surface area contributed by atoms with Gasteiger partial charge in [0.15, 0.2) is 5.82 Å². The average molecular weight is 898 g/mol. The second kappa shape index (κ2) is 18.5. The number of methoxy groups -OCH3 is 1. The van der Waals surface area contributed by atoms with Crippen molar-refractivity contribution >= 4 is 52.5 Å². The van der Waals surface area contributed by atoms with Crippen molar-refractivity contribution in [2.24, 2.45) is 17.8 Å². The molecule has 1 aromatic heterocycles. The molecule has 2 bridgehead atoms. The number of carbonyl (C=O) groups excluding carboxylic acids is 4. The fourth-order valence-electron chi connectivity index (χ4n) is 12.1. The first-order chi connectivity index (χ1) is 31.4. The largest absolute Gasteiger partial charge is 0.495 e. The molecule has 15 nitrogen and oxygen atoms in total. The number of imide groups is 1. The van der Waals surface area contributed by atoms with Crippen molar-refractivity contribution in [3.05, 3.63) is 59.3 Å². The molecule has 3 saturated heterocycles. The molecule has 65 heavy (non-hydrogen) atoms. The van der Waals surface area contributed by atoms with Gasteiger partial charge in [-0.15, -0.1) is 0 Å². The quantitative estimate of drug-likeness (QED) is 0.156. The van der Waals surface area contributed by atoms with Crippen LogP contribution in [0.2, 0.25) is 0 Å². The van der Waals surface area contributed by atoms with Crippen molar-refractivity contribution in [1.29, 1.82) is 0 Å². The number of piperidine rings is 3. The predicted octanol–water partition coefficient (Wildman–Crippen LogP) is 5.64. The summed E-state index contributed by atoms with van der Waals surface area (Å²) in [7, 11) is 3.33. The maximum absolute atomic E-state index is 15.5. The highest BCUT2D eigenvalue weighted by molar-refractivity contribution is 6.04. The van der Waals surface area contributed by atoms with Crippen molar-refractivity contribution in [2.75, 3.05) is 73.5 Å². The number of carbonyl (C=O) groups is 4. The van der Waals surface area contributed by atoms with Gasteiger partial charge in [0.1, 0.15) is 29.1 Å². The Morgan fingerprint density at radius 1 is 0.985 bits per heavy atom. The lowest BCUT2D eigenvalue weighted by molar-refractivity contribution is -0.134. The van der Waals surface area contributed by atoms with Gasteiger partial charge in [0.05, 0.1) is 30.5 Å². The number of benzene rings is 2. The maximum atomic E-state index is 15.5. The molecule has 3 unspecified atom stereocenters. The number of likely N-dealkylation sites (tertiary alicyclic amines) is 1. The van der Waals surface area contributed by atoms with Gasteiger partial charge >= 0.3 is 0 Å². The summed E-state index contributed by atoms with van der Waals surface area (Å²) in [5.74, 6) is -1.87. The fraction of sp³-hybridized carbons (Fsp3) is 0.583. The third-order valence-corrected chi connectivity index (χ3v) is 15.3. The molecule has 5 fully saturated rings. The molecule has 4 aliphatic heterocycles. The van der Waals surface area contributed by atoms with Crippen LogP contribution in [-0.2, 0) is 14.4 Å². The summed E-state index contributed by atoms with van der Waals surface area (Å²) in [6, 6.07) is 7.82. The number of nitrogens with zero attached hydrogens (tertiary/aromatic N) is 6. The molecule has 2 saturated carbocycles. The average Bonchev–Trinajstić information content (AvgIpc) is 3.87. The fourth-order valence-corrected chi connectivity index (χ4v) is 12.1. The molecule has 0 radical (unpaired) electrons. The molecule has 5 heterocycles. The molecule has 17 heteroatoms. The van der Waals surface area contributed by atoms with Gasteiger partial charge < -0.3 is 40.1 Å². The van der Waals surface area contributed by atoms with Crippen molar-refractivity contribution in [2.45, 2.75) is 108 Å². The van der Waals surface area contributed by atoms with E-state index in [0.717, 1.165) is 76.8 Å². The van der Waals surface area contributed by atoms with E-state index >= 15 is 8.78 Å². The number of hydrogen-bond acceptors (Lipinski definition) is 12. The van der Waals surface area contributed by atoms with E-state index in [9.17, 15) is 24.3 Å². The minimum atomic E-state index is -1.04. The summed E-state index contributed by atoms with van der Waals surface area (Å²) in [6.07, 6.45) is 10.9. The number of likely N-dealkylation sites (N-methyl/N-ethyl adjacent to an activating group) is 1. The molecular weight excluding hydrogens is 837 g/mol. The molecule has 5 atom stereocenters. The summed E-state index contributed by atoms with van der Waals surface area (Å²) >= 11 is 0. The number of ether oxygens (including phenoxy) is 1. The van der Waals surface area contributed by atoms with Crippen LogP contribution in [-0.4, -0.2) is 115 Å². The van der Waals surface area contributed by atoms with E-state index in [4.69, 9.17) is 9.72 Å². The second-order valence-corrected chi connectivity index (χ2v) is 19.0. The van der Waals surface area contributed by atoms with Gasteiger partial charge in [0.2, 0.25) is 23.7 Å². The zero-order chi connectivity index (χ0) is 45.6. The third kappa shape index (κ3) is 8.49. The topological polar surface area (TPSA) is 173 Å². The highest BCUT2D eigenvalue weighted by Gasteiger charge is 2.54. The van der Waals surface area contributed by atoms with E-state index in [0.29, 0.717) is 60.3 Å². The van der Waals surface area contributed by atoms with Crippen LogP contribution < -0.4 is 35.4 Å². The first-order valence-corrected chi connectivity index (χ1v) is 23.5. The molecule has 4 N–H and O–H groups in total. The first-order valence-electron chi connectivity index (χ1n) is 23.5. The SMILES string of the molecule is CC[C@@H]1C(=O)N(C)c2cnc(Nc3ccc(C(=O)NC4(CCO)C5CCC4CN(C[C@H]4CCCN(c6cc(F)c(C7CCC(=O)NC7=O)c(F)c6)C4)C5)cc3OC)nc2N1C1CCCC1. The predicted molar refractivity (Wildman–Crippen MR) is 242 cm³/mol. The summed E-state index contributed by atoms with van der Waals surface area (Å²) in [5.41, 5.74) is 1.26. The Balaban J connectivity index is 0.857. The summed E-state index contributed by atoms with van der Waals surface area (Å²) in [4.78, 5) is 69.5. The number of aliphatic hydroxyl groups is 1. The lowest BCUT2D eigenvalue weighted by Crippen LogP contribution is -2.63. The van der Waals surface area contributed by atoms with Crippen LogP contribution in [0.5, 0.6) is 5.75 Å². The van der Waals surface area contributed by atoms with E-state index in [2.05, 4.69) is 30.7 Å². The molecule has 9 rings (SSSR count). The summed E-state index contributed by atoms with van der Waals surface area (Å²) < 4.78 is 36.8. The summed E-state index contributed by atoms with van der Waals surface area (Å²) in [6.45, 7) is 5.57. The van der Waals surface area contributed by atoms with Gasteiger partial charge in [0, 0.05) is 75.7 Å². The molecule has 2 aromatic carbocycles. The molecule has 2 aliphatic carbocycles. The number of fused-ring (bicyclic) bond motifs is 3. The zero-order valence-electron chi connectivity index (χ0n) is 37.6. The van der Waals surface area contributed by atoms with Crippen LogP contribution in [0.15, 0.2) is 36.5 Å². The molecule has 3 aromatic rings. The lowest BCUT2D eigenvalue weighted by Gasteiger charge is -2.49. The summed E-state index contributed by atoms with van der Waals surface area (Å²) in [5, 5.41) is 19.3. The normalized spacial score (nSPS) is 27.2. The number of halogens is 2. The number of aliphatic hydroxyl groups excluding tert-OH is 1. The van der Waals surface area contributed by atoms with Gasteiger partial charge in [0.25, 0.3) is 5.91 Å². The van der Waals surface area contributed by atoms with E-state index in [1.165, 1.54) is 12.1 Å². The Kier molecular flexibility index (Phi) is 12.7. The van der Waals surface area contributed by atoms with Crippen molar-refractivity contribution < 1.29 is 37.8 Å².